The number of hydrogen-bond donors (Lipinski definition) is 0. The molecule has 1 unspecified atom stereocenters. The molecule has 3 aromatic rings. The fourth-order valence-electron chi connectivity index (χ4n) is 5.09. The first kappa shape index (κ1) is 28.5. The third kappa shape index (κ3) is 5.63. The minimum Gasteiger partial charge on any atom is -0.497 e. The van der Waals surface area contributed by atoms with Crippen molar-refractivity contribution in [3.8, 4) is 11.5 Å². The Morgan fingerprint density at radius 3 is 2.41 bits per heavy atom. The Morgan fingerprint density at radius 2 is 1.76 bits per heavy atom. The molecule has 1 saturated heterocycles. The lowest BCUT2D eigenvalue weighted by atomic mass is 10.00. The summed E-state index contributed by atoms with van der Waals surface area (Å²) in [6, 6.07) is 9.88. The number of rotatable bonds is 6. The molecule has 0 aliphatic carbocycles. The number of methoxy groups -OCH3 is 3. The third-order valence-electron chi connectivity index (χ3n) is 7.18. The lowest BCUT2D eigenvalue weighted by Crippen LogP contribution is -2.55. The van der Waals surface area contributed by atoms with Crippen LogP contribution >= 0.6 is 11.3 Å². The van der Waals surface area contributed by atoms with Crippen molar-refractivity contribution in [2.75, 3.05) is 57.3 Å². The van der Waals surface area contributed by atoms with Crippen molar-refractivity contribution in [3.05, 3.63) is 64.1 Å². The molecule has 1 aromatic heterocycles. The first-order chi connectivity index (χ1) is 19.6. The fraction of sp³-hybridized carbons (Fsp3) is 0.357. The normalized spacial score (nSPS) is 17.2. The average Bonchev–Trinajstić information content (AvgIpc) is 3.36. The zero-order chi connectivity index (χ0) is 29.3. The molecule has 5 rings (SSSR count). The highest BCUT2D eigenvalue weighted by molar-refractivity contribution is 7.08. The summed E-state index contributed by atoms with van der Waals surface area (Å²) in [5.74, 6) is 0.490. The quantitative estimate of drug-likeness (QED) is 0.263. The molecule has 13 heteroatoms. The van der Waals surface area contributed by atoms with Crippen LogP contribution in [0.2, 0.25) is 0 Å². The van der Waals surface area contributed by atoms with Gasteiger partial charge in [0.25, 0.3) is 0 Å². The molecule has 0 saturated carbocycles. The first-order valence-electron chi connectivity index (χ1n) is 12.8. The Labute approximate surface area is 238 Å². The molecular formula is C28H28F4N4O4S. The minimum absolute atomic E-state index is 0.0578. The van der Waals surface area contributed by atoms with Crippen molar-refractivity contribution in [2.45, 2.75) is 18.6 Å². The van der Waals surface area contributed by atoms with Crippen LogP contribution in [0.1, 0.15) is 23.6 Å². The largest absolute Gasteiger partial charge is 0.497 e. The molecule has 0 N–H and O–H groups in total. The van der Waals surface area contributed by atoms with Crippen LogP contribution in [-0.2, 0) is 15.7 Å². The van der Waals surface area contributed by atoms with Crippen LogP contribution in [0.25, 0.3) is 0 Å². The van der Waals surface area contributed by atoms with E-state index in [0.29, 0.717) is 31.7 Å². The number of esters is 1. The monoisotopic (exact) mass is 592 g/mol. The van der Waals surface area contributed by atoms with Gasteiger partial charge in [0.1, 0.15) is 17.2 Å². The summed E-state index contributed by atoms with van der Waals surface area (Å²) in [7, 11) is 4.17. The molecule has 41 heavy (non-hydrogen) atoms. The van der Waals surface area contributed by atoms with Crippen LogP contribution in [0.3, 0.4) is 0 Å². The summed E-state index contributed by atoms with van der Waals surface area (Å²) in [5.41, 5.74) is 0.574. The number of fused-ring (bicyclic) bond motifs is 1. The predicted octanol–water partition coefficient (Wildman–Crippen LogP) is 5.86. The molecule has 2 aromatic carbocycles. The molecule has 0 bridgehead atoms. The molecule has 1 atom stereocenters. The summed E-state index contributed by atoms with van der Waals surface area (Å²) >= 11 is 0.821. The molecule has 0 amide bonds. The summed E-state index contributed by atoms with van der Waals surface area (Å²) < 4.78 is 72.3. The number of aliphatic imine (C=N–C) groups is 1. The molecular weight excluding hydrogens is 564 g/mol. The molecule has 2 aliphatic rings. The second-order valence-electron chi connectivity index (χ2n) is 9.45. The van der Waals surface area contributed by atoms with Gasteiger partial charge in [-0.3, -0.25) is 4.79 Å². The minimum atomic E-state index is -4.63. The van der Waals surface area contributed by atoms with Crippen molar-refractivity contribution < 1.29 is 36.6 Å². The highest BCUT2D eigenvalue weighted by atomic mass is 32.1. The van der Waals surface area contributed by atoms with Gasteiger partial charge in [0.05, 0.1) is 45.0 Å². The molecule has 0 spiro atoms. The number of alkyl halides is 3. The topological polar surface area (TPSA) is 66.8 Å². The van der Waals surface area contributed by atoms with Crippen molar-refractivity contribution in [3.63, 3.8) is 0 Å². The maximum atomic E-state index is 15.0. The Balaban J connectivity index is 1.58. The van der Waals surface area contributed by atoms with Gasteiger partial charge in [-0.2, -0.15) is 17.6 Å². The van der Waals surface area contributed by atoms with E-state index in [4.69, 9.17) is 14.2 Å². The number of carbonyl (C=O) groups excluding carboxylic acids is 1. The van der Waals surface area contributed by atoms with E-state index in [1.807, 2.05) is 29.2 Å². The molecule has 3 heterocycles. The van der Waals surface area contributed by atoms with Crippen molar-refractivity contribution in [1.82, 2.24) is 4.90 Å². The van der Waals surface area contributed by atoms with Gasteiger partial charge in [0.15, 0.2) is 0 Å². The van der Waals surface area contributed by atoms with Crippen LogP contribution in [0.4, 0.5) is 34.6 Å². The standard InChI is InChI=1S/C28H28F4N4O4S/c1-38-19-6-4-5-18(14-19)34-9-11-35(12-10-34)27-33-25-20(16-41-26(25)29)21(15-24(37)40-3)36(27)22-13-17(28(30,31)32)7-8-23(22)39-2/h4-8,13-14,16,21H,9-12,15H2,1-3H3. The van der Waals surface area contributed by atoms with E-state index < -0.39 is 28.9 Å². The lowest BCUT2D eigenvalue weighted by molar-refractivity contribution is -0.141. The summed E-state index contributed by atoms with van der Waals surface area (Å²) in [6.07, 6.45) is -4.88. The first-order valence-corrected chi connectivity index (χ1v) is 13.6. The number of benzene rings is 2. The Kier molecular flexibility index (Phi) is 7.98. The summed E-state index contributed by atoms with van der Waals surface area (Å²) in [5, 5.41) is 0.991. The number of halogens is 4. The predicted molar refractivity (Wildman–Crippen MR) is 148 cm³/mol. The molecule has 218 valence electrons. The van der Waals surface area contributed by atoms with Gasteiger partial charge in [-0.05, 0) is 30.3 Å². The second kappa shape index (κ2) is 11.5. The van der Waals surface area contributed by atoms with E-state index in [0.717, 1.165) is 34.9 Å². The van der Waals surface area contributed by atoms with Gasteiger partial charge in [-0.15, -0.1) is 11.3 Å². The van der Waals surface area contributed by atoms with Crippen LogP contribution in [0.15, 0.2) is 52.8 Å². The lowest BCUT2D eigenvalue weighted by Gasteiger charge is -2.45. The van der Waals surface area contributed by atoms with E-state index in [-0.39, 0.29) is 29.5 Å². The number of ether oxygens (including phenoxy) is 3. The molecule has 1 fully saturated rings. The maximum Gasteiger partial charge on any atom is 0.416 e. The van der Waals surface area contributed by atoms with Crippen LogP contribution in [0, 0.1) is 5.13 Å². The van der Waals surface area contributed by atoms with E-state index in [2.05, 4.69) is 9.89 Å². The molecule has 0 radical (unpaired) electrons. The highest BCUT2D eigenvalue weighted by Crippen LogP contribution is 2.47. The SMILES string of the molecule is COC(=O)CC1c2csc(F)c2N=C(N2CCN(c3cccc(OC)c3)CC2)N1c1cc(C(F)(F)F)ccc1OC. The van der Waals surface area contributed by atoms with Crippen molar-refractivity contribution in [2.24, 2.45) is 4.99 Å². The van der Waals surface area contributed by atoms with Gasteiger partial charge >= 0.3 is 12.1 Å². The zero-order valence-electron chi connectivity index (χ0n) is 22.6. The fourth-order valence-corrected chi connectivity index (χ4v) is 5.86. The van der Waals surface area contributed by atoms with Gasteiger partial charge in [0.2, 0.25) is 11.1 Å². The van der Waals surface area contributed by atoms with Gasteiger partial charge < -0.3 is 28.9 Å². The van der Waals surface area contributed by atoms with E-state index >= 15 is 0 Å². The average molecular weight is 593 g/mol. The van der Waals surface area contributed by atoms with Gasteiger partial charge in [-0.1, -0.05) is 6.07 Å². The van der Waals surface area contributed by atoms with E-state index in [1.54, 1.807) is 12.0 Å². The Morgan fingerprint density at radius 1 is 1.02 bits per heavy atom. The maximum absolute atomic E-state index is 15.0. The van der Waals surface area contributed by atoms with E-state index in [1.165, 1.54) is 25.7 Å². The number of carbonyl (C=O) groups is 1. The highest BCUT2D eigenvalue weighted by Gasteiger charge is 2.41. The van der Waals surface area contributed by atoms with Gasteiger partial charge in [-0.25, -0.2) is 4.99 Å². The molecule has 2 aliphatic heterocycles. The number of piperazine rings is 1. The van der Waals surface area contributed by atoms with Crippen molar-refractivity contribution in [1.29, 1.82) is 0 Å². The second-order valence-corrected chi connectivity index (χ2v) is 10.3. The van der Waals surface area contributed by atoms with Crippen LogP contribution in [-0.4, -0.2) is 64.3 Å². The van der Waals surface area contributed by atoms with E-state index in [9.17, 15) is 22.4 Å². The third-order valence-corrected chi connectivity index (χ3v) is 7.95. The Hall–Kier alpha value is -4.00. The Bertz CT molecular complexity index is 1450. The zero-order valence-corrected chi connectivity index (χ0v) is 23.4. The number of thiophene rings is 1. The summed E-state index contributed by atoms with van der Waals surface area (Å²) in [6.45, 7) is 1.97. The number of nitrogens with zero attached hydrogens (tertiary/aromatic N) is 4. The van der Waals surface area contributed by atoms with Crippen LogP contribution < -0.4 is 19.3 Å². The van der Waals surface area contributed by atoms with Crippen molar-refractivity contribution >= 4 is 40.3 Å². The smallest absolute Gasteiger partial charge is 0.416 e. The van der Waals surface area contributed by atoms with Crippen LogP contribution in [0.5, 0.6) is 11.5 Å². The number of anilines is 2. The van der Waals surface area contributed by atoms with Gasteiger partial charge in [0, 0.05) is 48.9 Å². The number of guanidine groups is 1. The molecule has 8 nitrogen and oxygen atoms in total. The number of hydrogen-bond acceptors (Lipinski definition) is 9. The summed E-state index contributed by atoms with van der Waals surface area (Å²) in [4.78, 5) is 22.8.